The molecule has 2 aromatic rings. The summed E-state index contributed by atoms with van der Waals surface area (Å²) in [7, 11) is -2.18. The number of nitrogens with zero attached hydrogens (tertiary/aromatic N) is 2. The maximum atomic E-state index is 13.3. The predicted octanol–water partition coefficient (Wildman–Crippen LogP) is 3.94. The van der Waals surface area contributed by atoms with Crippen LogP contribution in [0.4, 0.5) is 5.69 Å². The predicted molar refractivity (Wildman–Crippen MR) is 107 cm³/mol. The SMILES string of the molecule is CN(C(=O)CN(c1ccccc1Cl)S(=O)(=O)c1ccccc1)C1CCCC1. The van der Waals surface area contributed by atoms with Crippen molar-refractivity contribution in [3.8, 4) is 0 Å². The number of rotatable bonds is 6. The third-order valence-electron chi connectivity index (χ3n) is 5.00. The Hall–Kier alpha value is -2.05. The Morgan fingerprint density at radius 2 is 1.63 bits per heavy atom. The fourth-order valence-corrected chi connectivity index (χ4v) is 5.14. The Bertz CT molecular complexity index is 896. The molecule has 0 aliphatic heterocycles. The number of benzene rings is 2. The maximum Gasteiger partial charge on any atom is 0.264 e. The van der Waals surface area contributed by atoms with Gasteiger partial charge in [0.1, 0.15) is 6.54 Å². The number of hydrogen-bond acceptors (Lipinski definition) is 3. The van der Waals surface area contributed by atoms with Gasteiger partial charge in [-0.25, -0.2) is 8.42 Å². The minimum atomic E-state index is -3.93. The van der Waals surface area contributed by atoms with Crippen LogP contribution in [-0.4, -0.2) is 38.9 Å². The van der Waals surface area contributed by atoms with Crippen molar-refractivity contribution < 1.29 is 13.2 Å². The molecule has 0 radical (unpaired) electrons. The summed E-state index contributed by atoms with van der Waals surface area (Å²) in [5.41, 5.74) is 0.302. The number of sulfonamides is 1. The summed E-state index contributed by atoms with van der Waals surface area (Å²) in [5, 5.41) is 0.285. The number of halogens is 1. The van der Waals surface area contributed by atoms with Crippen molar-refractivity contribution in [3.63, 3.8) is 0 Å². The molecule has 144 valence electrons. The lowest BCUT2D eigenvalue weighted by Gasteiger charge is -2.29. The lowest BCUT2D eigenvalue weighted by Crippen LogP contribution is -2.44. The van der Waals surface area contributed by atoms with E-state index >= 15 is 0 Å². The van der Waals surface area contributed by atoms with Crippen molar-refractivity contribution in [1.29, 1.82) is 0 Å². The van der Waals surface area contributed by atoms with Gasteiger partial charge in [-0.3, -0.25) is 9.10 Å². The van der Waals surface area contributed by atoms with E-state index in [0.717, 1.165) is 30.0 Å². The van der Waals surface area contributed by atoms with Crippen LogP contribution in [0.1, 0.15) is 25.7 Å². The van der Waals surface area contributed by atoms with Crippen LogP contribution < -0.4 is 4.31 Å². The number of anilines is 1. The minimum Gasteiger partial charge on any atom is -0.341 e. The van der Waals surface area contributed by atoms with E-state index in [9.17, 15) is 13.2 Å². The second kappa shape index (κ2) is 8.31. The van der Waals surface area contributed by atoms with E-state index in [2.05, 4.69) is 0 Å². The van der Waals surface area contributed by atoms with Gasteiger partial charge in [0.2, 0.25) is 5.91 Å². The standard InChI is InChI=1S/C20H23ClN2O3S/c1-22(16-9-5-6-10-16)20(24)15-23(19-14-8-7-13-18(19)21)27(25,26)17-11-3-2-4-12-17/h2-4,7-8,11-14,16H,5-6,9-10,15H2,1H3. The zero-order valence-electron chi connectivity index (χ0n) is 15.2. The molecule has 0 aromatic heterocycles. The largest absolute Gasteiger partial charge is 0.341 e. The highest BCUT2D eigenvalue weighted by molar-refractivity contribution is 7.92. The van der Waals surface area contributed by atoms with Crippen molar-refractivity contribution >= 4 is 33.2 Å². The summed E-state index contributed by atoms with van der Waals surface area (Å²) >= 11 is 6.27. The average Bonchev–Trinajstić information content (AvgIpc) is 3.21. The molecular weight excluding hydrogens is 384 g/mol. The highest BCUT2D eigenvalue weighted by Crippen LogP contribution is 2.31. The highest BCUT2D eigenvalue weighted by Gasteiger charge is 2.31. The number of amides is 1. The zero-order chi connectivity index (χ0) is 19.4. The van der Waals surface area contributed by atoms with Gasteiger partial charge in [0.05, 0.1) is 15.6 Å². The first-order valence-electron chi connectivity index (χ1n) is 8.99. The van der Waals surface area contributed by atoms with Gasteiger partial charge < -0.3 is 4.90 Å². The third-order valence-corrected chi connectivity index (χ3v) is 7.09. The zero-order valence-corrected chi connectivity index (χ0v) is 16.8. The molecule has 5 nitrogen and oxygen atoms in total. The maximum absolute atomic E-state index is 13.3. The first-order chi connectivity index (χ1) is 12.9. The topological polar surface area (TPSA) is 57.7 Å². The van der Waals surface area contributed by atoms with E-state index in [0.29, 0.717) is 5.69 Å². The van der Waals surface area contributed by atoms with Gasteiger partial charge in [-0.15, -0.1) is 0 Å². The molecule has 0 spiro atoms. The fourth-order valence-electron chi connectivity index (χ4n) is 3.40. The molecule has 2 aromatic carbocycles. The molecule has 1 amide bonds. The summed E-state index contributed by atoms with van der Waals surface area (Å²) in [5.74, 6) is -0.235. The Labute approximate surface area is 165 Å². The summed E-state index contributed by atoms with van der Waals surface area (Å²) < 4.78 is 27.6. The van der Waals surface area contributed by atoms with Crippen molar-refractivity contribution in [2.24, 2.45) is 0 Å². The summed E-state index contributed by atoms with van der Waals surface area (Å²) in [6, 6.07) is 14.9. The van der Waals surface area contributed by atoms with E-state index in [1.54, 1.807) is 54.4 Å². The number of para-hydroxylation sites is 1. The van der Waals surface area contributed by atoms with E-state index in [1.807, 2.05) is 0 Å². The van der Waals surface area contributed by atoms with Crippen molar-refractivity contribution in [1.82, 2.24) is 4.90 Å². The molecule has 0 bridgehead atoms. The fraction of sp³-hybridized carbons (Fsp3) is 0.350. The highest BCUT2D eigenvalue weighted by atomic mass is 35.5. The van der Waals surface area contributed by atoms with Crippen LogP contribution in [0.25, 0.3) is 0 Å². The third kappa shape index (κ3) is 4.28. The molecule has 0 atom stereocenters. The molecule has 7 heteroatoms. The lowest BCUT2D eigenvalue weighted by atomic mass is 10.2. The Morgan fingerprint density at radius 3 is 2.26 bits per heavy atom. The van der Waals surface area contributed by atoms with Gasteiger partial charge in [0.15, 0.2) is 0 Å². The van der Waals surface area contributed by atoms with E-state index < -0.39 is 10.0 Å². The van der Waals surface area contributed by atoms with Crippen LogP contribution >= 0.6 is 11.6 Å². The second-order valence-corrected chi connectivity index (χ2v) is 8.99. The van der Waals surface area contributed by atoms with Crippen LogP contribution in [0.15, 0.2) is 59.5 Å². The lowest BCUT2D eigenvalue weighted by molar-refractivity contribution is -0.130. The van der Waals surface area contributed by atoms with Crippen LogP contribution in [-0.2, 0) is 14.8 Å². The number of likely N-dealkylation sites (N-methyl/N-ethyl adjacent to an activating group) is 1. The summed E-state index contributed by atoms with van der Waals surface area (Å²) in [6.45, 7) is -0.284. The van der Waals surface area contributed by atoms with Gasteiger partial charge in [-0.1, -0.05) is 54.8 Å². The molecule has 0 unspecified atom stereocenters. The van der Waals surface area contributed by atoms with Crippen LogP contribution in [0.5, 0.6) is 0 Å². The molecule has 1 saturated carbocycles. The molecule has 1 aliphatic rings. The van der Waals surface area contributed by atoms with Crippen molar-refractivity contribution in [2.45, 2.75) is 36.6 Å². The van der Waals surface area contributed by atoms with Gasteiger partial charge in [-0.2, -0.15) is 0 Å². The summed E-state index contributed by atoms with van der Waals surface area (Å²) in [4.78, 5) is 14.7. The molecule has 3 rings (SSSR count). The number of hydrogen-bond donors (Lipinski definition) is 0. The van der Waals surface area contributed by atoms with Crippen molar-refractivity contribution in [3.05, 3.63) is 59.6 Å². The van der Waals surface area contributed by atoms with Gasteiger partial charge in [-0.05, 0) is 37.1 Å². The average molecular weight is 407 g/mol. The normalized spacial score (nSPS) is 14.9. The van der Waals surface area contributed by atoms with E-state index in [-0.39, 0.29) is 28.4 Å². The smallest absolute Gasteiger partial charge is 0.264 e. The first-order valence-corrected chi connectivity index (χ1v) is 10.8. The Morgan fingerprint density at radius 1 is 1.04 bits per heavy atom. The monoisotopic (exact) mass is 406 g/mol. The van der Waals surface area contributed by atoms with Crippen LogP contribution in [0.2, 0.25) is 5.02 Å². The van der Waals surface area contributed by atoms with E-state index in [4.69, 9.17) is 11.6 Å². The van der Waals surface area contributed by atoms with Crippen LogP contribution in [0.3, 0.4) is 0 Å². The molecule has 1 aliphatic carbocycles. The van der Waals surface area contributed by atoms with E-state index in [1.165, 1.54) is 12.1 Å². The molecule has 0 heterocycles. The molecular formula is C20H23ClN2O3S. The van der Waals surface area contributed by atoms with Gasteiger partial charge in [0.25, 0.3) is 10.0 Å². The molecule has 0 N–H and O–H groups in total. The molecule has 27 heavy (non-hydrogen) atoms. The van der Waals surface area contributed by atoms with Crippen molar-refractivity contribution in [2.75, 3.05) is 17.9 Å². The van der Waals surface area contributed by atoms with Gasteiger partial charge >= 0.3 is 0 Å². The number of carbonyl (C=O) groups is 1. The quantitative estimate of drug-likeness (QED) is 0.730. The Kier molecular flexibility index (Phi) is 6.07. The molecule has 0 saturated heterocycles. The Balaban J connectivity index is 1.96. The number of carbonyl (C=O) groups excluding carboxylic acids is 1. The van der Waals surface area contributed by atoms with Gasteiger partial charge in [0, 0.05) is 13.1 Å². The second-order valence-electron chi connectivity index (χ2n) is 6.72. The first kappa shape index (κ1) is 19.7. The molecule has 1 fully saturated rings. The summed E-state index contributed by atoms with van der Waals surface area (Å²) in [6.07, 6.45) is 4.11. The van der Waals surface area contributed by atoms with Crippen LogP contribution in [0, 0.1) is 0 Å². The minimum absolute atomic E-state index is 0.126.